The Labute approximate surface area is 133 Å². The van der Waals surface area contributed by atoms with Crippen LogP contribution in [0.5, 0.6) is 11.6 Å². The lowest BCUT2D eigenvalue weighted by atomic mass is 10.2. The average Bonchev–Trinajstić information content (AvgIpc) is 3.29. The number of ether oxygens (including phenoxy) is 1. The molecule has 0 unspecified atom stereocenters. The second kappa shape index (κ2) is 5.64. The maximum Gasteiger partial charge on any atom is 0.227 e. The zero-order chi connectivity index (χ0) is 15.0. The zero-order valence-electron chi connectivity index (χ0n) is 12.4. The molecule has 0 spiro atoms. The zero-order valence-corrected chi connectivity index (χ0v) is 14.0. The summed E-state index contributed by atoms with van der Waals surface area (Å²) in [5.74, 6) is 3.67. The van der Waals surface area contributed by atoms with E-state index in [0.717, 1.165) is 33.0 Å². The van der Waals surface area contributed by atoms with Gasteiger partial charge >= 0.3 is 0 Å². The van der Waals surface area contributed by atoms with E-state index in [1.165, 1.54) is 12.8 Å². The van der Waals surface area contributed by atoms with Crippen molar-refractivity contribution in [2.75, 3.05) is 12.4 Å². The molecule has 1 aromatic carbocycles. The SMILES string of the molecule is CNc1nc(C2CC2)nc(Oc2cc(Br)ccc2C)c1C. The Morgan fingerprint density at radius 1 is 1.24 bits per heavy atom. The van der Waals surface area contributed by atoms with Gasteiger partial charge in [-0.3, -0.25) is 0 Å². The van der Waals surface area contributed by atoms with Crippen molar-refractivity contribution in [3.8, 4) is 11.6 Å². The number of anilines is 1. The molecule has 0 aliphatic heterocycles. The summed E-state index contributed by atoms with van der Waals surface area (Å²) in [5, 5.41) is 3.13. The Balaban J connectivity index is 2.00. The van der Waals surface area contributed by atoms with Crippen molar-refractivity contribution in [2.45, 2.75) is 32.6 Å². The van der Waals surface area contributed by atoms with Gasteiger partial charge in [-0.2, -0.15) is 4.98 Å². The number of aryl methyl sites for hydroxylation is 1. The molecule has 1 aromatic heterocycles. The molecule has 0 saturated heterocycles. The van der Waals surface area contributed by atoms with Gasteiger partial charge in [-0.25, -0.2) is 4.98 Å². The highest BCUT2D eigenvalue weighted by molar-refractivity contribution is 9.10. The first-order valence-electron chi connectivity index (χ1n) is 7.08. The summed E-state index contributed by atoms with van der Waals surface area (Å²) >= 11 is 3.48. The van der Waals surface area contributed by atoms with Crippen LogP contribution in [0.4, 0.5) is 5.82 Å². The topological polar surface area (TPSA) is 47.0 Å². The second-order valence-corrected chi connectivity index (χ2v) is 6.31. The number of hydrogen-bond donors (Lipinski definition) is 1. The van der Waals surface area contributed by atoms with Gasteiger partial charge in [-0.15, -0.1) is 0 Å². The highest BCUT2D eigenvalue weighted by atomic mass is 79.9. The van der Waals surface area contributed by atoms with E-state index in [0.29, 0.717) is 11.8 Å². The van der Waals surface area contributed by atoms with E-state index in [1.54, 1.807) is 0 Å². The highest BCUT2D eigenvalue weighted by Gasteiger charge is 2.28. The van der Waals surface area contributed by atoms with E-state index in [4.69, 9.17) is 4.74 Å². The summed E-state index contributed by atoms with van der Waals surface area (Å²) in [5.41, 5.74) is 2.01. The quantitative estimate of drug-likeness (QED) is 0.879. The molecular weight excluding hydrogens is 330 g/mol. The van der Waals surface area contributed by atoms with E-state index in [2.05, 4.69) is 31.2 Å². The van der Waals surface area contributed by atoms with E-state index >= 15 is 0 Å². The maximum atomic E-state index is 6.06. The Hall–Kier alpha value is -1.62. The number of rotatable bonds is 4. The lowest BCUT2D eigenvalue weighted by Gasteiger charge is -2.14. The van der Waals surface area contributed by atoms with Crippen LogP contribution in [0.3, 0.4) is 0 Å². The van der Waals surface area contributed by atoms with Crippen LogP contribution in [0.15, 0.2) is 22.7 Å². The normalized spacial score (nSPS) is 14.1. The minimum Gasteiger partial charge on any atom is -0.438 e. The van der Waals surface area contributed by atoms with Crippen LogP contribution >= 0.6 is 15.9 Å². The minimum absolute atomic E-state index is 0.489. The second-order valence-electron chi connectivity index (χ2n) is 5.40. The molecule has 0 amide bonds. The molecule has 1 saturated carbocycles. The Bertz CT molecular complexity index is 683. The fourth-order valence-corrected chi connectivity index (χ4v) is 2.51. The molecule has 1 heterocycles. The van der Waals surface area contributed by atoms with E-state index in [-0.39, 0.29) is 0 Å². The molecule has 0 radical (unpaired) electrons. The summed E-state index contributed by atoms with van der Waals surface area (Å²) in [6.45, 7) is 4.00. The van der Waals surface area contributed by atoms with Crippen LogP contribution in [0, 0.1) is 13.8 Å². The third kappa shape index (κ3) is 3.02. The van der Waals surface area contributed by atoms with Gasteiger partial charge in [-0.1, -0.05) is 22.0 Å². The predicted molar refractivity (Wildman–Crippen MR) is 87.2 cm³/mol. The van der Waals surface area contributed by atoms with Crippen molar-refractivity contribution in [3.63, 3.8) is 0 Å². The largest absolute Gasteiger partial charge is 0.438 e. The Morgan fingerprint density at radius 2 is 2.00 bits per heavy atom. The molecule has 2 aromatic rings. The number of nitrogens with zero attached hydrogens (tertiary/aromatic N) is 2. The predicted octanol–water partition coefficient (Wildman–Crippen LogP) is 4.57. The average molecular weight is 348 g/mol. The molecule has 4 nitrogen and oxygen atoms in total. The van der Waals surface area contributed by atoms with Crippen molar-refractivity contribution in [1.29, 1.82) is 0 Å². The van der Waals surface area contributed by atoms with E-state index in [1.807, 2.05) is 39.1 Å². The summed E-state index contributed by atoms with van der Waals surface area (Å²) in [7, 11) is 1.88. The van der Waals surface area contributed by atoms with Gasteiger partial charge in [0.1, 0.15) is 17.4 Å². The number of aromatic nitrogens is 2. The molecule has 3 rings (SSSR count). The van der Waals surface area contributed by atoms with Crippen molar-refractivity contribution in [1.82, 2.24) is 9.97 Å². The van der Waals surface area contributed by atoms with Gasteiger partial charge in [0.15, 0.2) is 0 Å². The molecule has 1 aliphatic rings. The molecule has 5 heteroatoms. The monoisotopic (exact) mass is 347 g/mol. The fraction of sp³-hybridized carbons (Fsp3) is 0.375. The van der Waals surface area contributed by atoms with Crippen LogP contribution in [0.2, 0.25) is 0 Å². The van der Waals surface area contributed by atoms with Gasteiger partial charge in [0.25, 0.3) is 0 Å². The number of nitrogens with one attached hydrogen (secondary N) is 1. The van der Waals surface area contributed by atoms with Gasteiger partial charge in [-0.05, 0) is 44.4 Å². The lowest BCUT2D eigenvalue weighted by Crippen LogP contribution is -2.05. The van der Waals surface area contributed by atoms with Crippen LogP contribution < -0.4 is 10.1 Å². The van der Waals surface area contributed by atoms with E-state index in [9.17, 15) is 0 Å². The van der Waals surface area contributed by atoms with E-state index < -0.39 is 0 Å². The number of benzene rings is 1. The summed E-state index contributed by atoms with van der Waals surface area (Å²) < 4.78 is 7.05. The summed E-state index contributed by atoms with van der Waals surface area (Å²) in [4.78, 5) is 9.20. The fourth-order valence-electron chi connectivity index (χ4n) is 2.17. The first kappa shape index (κ1) is 14.3. The summed E-state index contributed by atoms with van der Waals surface area (Å²) in [6, 6.07) is 5.99. The molecule has 0 bridgehead atoms. The van der Waals surface area contributed by atoms with Gasteiger partial charge < -0.3 is 10.1 Å². The van der Waals surface area contributed by atoms with Gasteiger partial charge in [0.05, 0.1) is 5.56 Å². The molecule has 21 heavy (non-hydrogen) atoms. The van der Waals surface area contributed by atoms with Crippen LogP contribution in [0.25, 0.3) is 0 Å². The maximum absolute atomic E-state index is 6.06. The lowest BCUT2D eigenvalue weighted by molar-refractivity contribution is 0.451. The first-order chi connectivity index (χ1) is 10.1. The molecule has 0 atom stereocenters. The Morgan fingerprint density at radius 3 is 2.67 bits per heavy atom. The van der Waals surface area contributed by atoms with Gasteiger partial charge in [0.2, 0.25) is 5.88 Å². The van der Waals surface area contributed by atoms with Crippen molar-refractivity contribution in [2.24, 2.45) is 0 Å². The third-order valence-electron chi connectivity index (χ3n) is 3.65. The molecular formula is C16H18BrN3O. The molecule has 1 N–H and O–H groups in total. The number of hydrogen-bond acceptors (Lipinski definition) is 4. The van der Waals surface area contributed by atoms with Crippen LogP contribution in [-0.4, -0.2) is 17.0 Å². The third-order valence-corrected chi connectivity index (χ3v) is 4.15. The molecule has 110 valence electrons. The van der Waals surface area contributed by atoms with Crippen LogP contribution in [-0.2, 0) is 0 Å². The molecule has 1 fully saturated rings. The number of halogens is 1. The minimum atomic E-state index is 0.489. The smallest absolute Gasteiger partial charge is 0.227 e. The highest BCUT2D eigenvalue weighted by Crippen LogP contribution is 2.40. The van der Waals surface area contributed by atoms with Crippen molar-refractivity contribution < 1.29 is 4.74 Å². The first-order valence-corrected chi connectivity index (χ1v) is 7.88. The summed E-state index contributed by atoms with van der Waals surface area (Å²) in [6.07, 6.45) is 2.34. The Kier molecular flexibility index (Phi) is 3.85. The molecule has 1 aliphatic carbocycles. The van der Waals surface area contributed by atoms with Crippen LogP contribution in [0.1, 0.15) is 35.7 Å². The standard InChI is InChI=1S/C16H18BrN3O/c1-9-4-7-12(17)8-13(9)21-16-10(2)14(18-3)19-15(20-16)11-5-6-11/h4,7-8,11H,5-6H2,1-3H3,(H,18,19,20). The van der Waals surface area contributed by atoms with Gasteiger partial charge in [0, 0.05) is 17.4 Å². The van der Waals surface area contributed by atoms with Crippen molar-refractivity contribution >= 4 is 21.7 Å². The van der Waals surface area contributed by atoms with Crippen molar-refractivity contribution in [3.05, 3.63) is 39.6 Å².